The standard InChI is InChI=1S/C26H57O3PS/c1-6-11-16-17-18-19-20-21-26-31(27,28)29-30(22-12-7-2,23-13-8-3,24-14-9-4)25-15-10-5/h6-26H2,1-5H3. The van der Waals surface area contributed by atoms with E-state index in [1.54, 1.807) is 0 Å². The van der Waals surface area contributed by atoms with Gasteiger partial charge in [0.05, 0.1) is 0 Å². The predicted octanol–water partition coefficient (Wildman–Crippen LogP) is 9.14. The SMILES string of the molecule is CCCCCCCCCCS(=O)(=O)OP(CCCC)(CCCC)(CCCC)CCCC. The quantitative estimate of drug-likeness (QED) is 0.108. The van der Waals surface area contributed by atoms with Crippen LogP contribution in [0.5, 0.6) is 0 Å². The Balaban J connectivity index is 5.29. The molecule has 0 fully saturated rings. The molecule has 0 radical (unpaired) electrons. The molecule has 0 aromatic heterocycles. The van der Waals surface area contributed by atoms with E-state index in [9.17, 15) is 8.42 Å². The Labute approximate surface area is 197 Å². The predicted molar refractivity (Wildman–Crippen MR) is 144 cm³/mol. The van der Waals surface area contributed by atoms with Crippen molar-refractivity contribution < 1.29 is 12.4 Å². The van der Waals surface area contributed by atoms with E-state index < -0.39 is 16.9 Å². The van der Waals surface area contributed by atoms with E-state index >= 15 is 0 Å². The van der Waals surface area contributed by atoms with Crippen LogP contribution in [0, 0.1) is 0 Å². The third-order valence-electron chi connectivity index (χ3n) is 6.88. The van der Waals surface area contributed by atoms with E-state index in [1.165, 1.54) is 32.1 Å². The van der Waals surface area contributed by atoms with Gasteiger partial charge in [0.1, 0.15) is 0 Å². The van der Waals surface area contributed by atoms with Crippen LogP contribution in [-0.4, -0.2) is 38.8 Å². The molecule has 190 valence electrons. The Morgan fingerprint density at radius 3 is 1.16 bits per heavy atom. The van der Waals surface area contributed by atoms with Crippen LogP contribution < -0.4 is 0 Å². The van der Waals surface area contributed by atoms with Gasteiger partial charge in [-0.3, -0.25) is 0 Å². The zero-order valence-corrected chi connectivity index (χ0v) is 23.6. The van der Waals surface area contributed by atoms with Gasteiger partial charge < -0.3 is 0 Å². The molecule has 31 heavy (non-hydrogen) atoms. The van der Waals surface area contributed by atoms with Gasteiger partial charge in [-0.1, -0.05) is 0 Å². The molecule has 0 atom stereocenters. The molecular weight excluding hydrogens is 423 g/mol. The summed E-state index contributed by atoms with van der Waals surface area (Å²) in [6.45, 7) is 8.38. The Bertz CT molecular complexity index is 475. The van der Waals surface area contributed by atoms with Gasteiger partial charge in [0.2, 0.25) is 0 Å². The molecule has 0 amide bonds. The molecular formula is C26H57O3PS. The average Bonchev–Trinajstić information content (AvgIpc) is 2.75. The molecule has 0 heterocycles. The fourth-order valence-electron chi connectivity index (χ4n) is 4.82. The second-order valence-electron chi connectivity index (χ2n) is 9.98. The van der Waals surface area contributed by atoms with Gasteiger partial charge in [0, 0.05) is 0 Å². The van der Waals surface area contributed by atoms with Gasteiger partial charge in [-0.25, -0.2) is 0 Å². The average molecular weight is 481 g/mol. The molecule has 0 aliphatic carbocycles. The molecule has 0 rings (SSSR count). The fraction of sp³-hybridized carbons (Fsp3) is 1.00. The molecule has 3 nitrogen and oxygen atoms in total. The molecule has 0 N–H and O–H groups in total. The van der Waals surface area contributed by atoms with Crippen LogP contribution in [0.25, 0.3) is 0 Å². The summed E-state index contributed by atoms with van der Waals surface area (Å²) in [7, 11) is -3.46. The summed E-state index contributed by atoms with van der Waals surface area (Å²) in [4.78, 5) is 0. The van der Waals surface area contributed by atoms with Crippen LogP contribution in [0.4, 0.5) is 0 Å². The van der Waals surface area contributed by atoms with Crippen molar-refractivity contribution in [3.63, 3.8) is 0 Å². The first kappa shape index (κ1) is 31.3. The maximum atomic E-state index is 13.3. The zero-order valence-electron chi connectivity index (χ0n) is 21.9. The van der Waals surface area contributed by atoms with Crippen LogP contribution in [0.15, 0.2) is 0 Å². The van der Waals surface area contributed by atoms with Crippen molar-refractivity contribution >= 4 is 16.9 Å². The van der Waals surface area contributed by atoms with Gasteiger partial charge in [-0.15, -0.1) is 0 Å². The van der Waals surface area contributed by atoms with Crippen LogP contribution in [0.2, 0.25) is 0 Å². The van der Waals surface area contributed by atoms with E-state index in [0.717, 1.165) is 95.3 Å². The summed E-state index contributed by atoms with van der Waals surface area (Å²) in [5.41, 5.74) is 0. The van der Waals surface area contributed by atoms with Crippen molar-refractivity contribution in [1.29, 1.82) is 0 Å². The number of hydrogen-bond acceptors (Lipinski definition) is 3. The molecule has 0 aromatic rings. The van der Waals surface area contributed by atoms with Gasteiger partial charge in [-0.05, 0) is 0 Å². The van der Waals surface area contributed by atoms with Crippen molar-refractivity contribution in [2.45, 2.75) is 137 Å². The summed E-state index contributed by atoms with van der Waals surface area (Å²) < 4.78 is 33.2. The van der Waals surface area contributed by atoms with Gasteiger partial charge >= 0.3 is 197 Å². The Morgan fingerprint density at radius 2 is 0.806 bits per heavy atom. The van der Waals surface area contributed by atoms with Crippen molar-refractivity contribution in [2.75, 3.05) is 30.4 Å². The first-order valence-corrected chi connectivity index (χ1v) is 18.2. The normalized spacial score (nSPS) is 13.9. The molecule has 0 spiro atoms. The van der Waals surface area contributed by atoms with E-state index in [2.05, 4.69) is 34.6 Å². The number of unbranched alkanes of at least 4 members (excludes halogenated alkanes) is 11. The summed E-state index contributed by atoms with van der Waals surface area (Å²) in [6.07, 6.45) is 22.3. The molecule has 0 unspecified atom stereocenters. The Kier molecular flexibility index (Phi) is 18.0. The van der Waals surface area contributed by atoms with Crippen LogP contribution >= 0.6 is 6.83 Å². The number of hydrogen-bond donors (Lipinski definition) is 0. The van der Waals surface area contributed by atoms with Gasteiger partial charge in [0.25, 0.3) is 0 Å². The second-order valence-corrected chi connectivity index (χ2v) is 17.6. The monoisotopic (exact) mass is 480 g/mol. The van der Waals surface area contributed by atoms with E-state index in [1.807, 2.05) is 0 Å². The molecule has 0 saturated carbocycles. The van der Waals surface area contributed by atoms with Gasteiger partial charge in [-0.2, -0.15) is 0 Å². The van der Waals surface area contributed by atoms with Crippen molar-refractivity contribution in [3.05, 3.63) is 0 Å². The van der Waals surface area contributed by atoms with Crippen molar-refractivity contribution in [1.82, 2.24) is 0 Å². The molecule has 5 heteroatoms. The fourth-order valence-corrected chi connectivity index (χ4v) is 15.2. The summed E-state index contributed by atoms with van der Waals surface area (Å²) in [6, 6.07) is 0. The number of rotatable bonds is 23. The van der Waals surface area contributed by atoms with Crippen molar-refractivity contribution in [3.8, 4) is 0 Å². The van der Waals surface area contributed by atoms with E-state index in [0.29, 0.717) is 0 Å². The van der Waals surface area contributed by atoms with Crippen LogP contribution in [0.1, 0.15) is 137 Å². The summed E-state index contributed by atoms with van der Waals surface area (Å²) >= 11 is 0. The van der Waals surface area contributed by atoms with Crippen LogP contribution in [-0.2, 0) is 14.1 Å². The third kappa shape index (κ3) is 13.6. The van der Waals surface area contributed by atoms with E-state index in [4.69, 9.17) is 3.97 Å². The Hall–Kier alpha value is 0.340. The second kappa shape index (κ2) is 17.8. The first-order chi connectivity index (χ1) is 14.8. The maximum absolute atomic E-state index is 13.3. The zero-order chi connectivity index (χ0) is 23.5. The third-order valence-corrected chi connectivity index (χ3v) is 16.1. The van der Waals surface area contributed by atoms with E-state index in [-0.39, 0.29) is 5.75 Å². The molecule has 0 aliphatic heterocycles. The summed E-state index contributed by atoms with van der Waals surface area (Å²) in [5.74, 6) is 0.219. The minimum absolute atomic E-state index is 0.219. The molecule has 0 saturated heterocycles. The van der Waals surface area contributed by atoms with Crippen LogP contribution in [0.3, 0.4) is 0 Å². The molecule has 0 aliphatic rings. The molecule has 0 aromatic carbocycles. The Morgan fingerprint density at radius 1 is 0.484 bits per heavy atom. The topological polar surface area (TPSA) is 43.4 Å². The summed E-state index contributed by atoms with van der Waals surface area (Å²) in [5, 5.41) is 0. The minimum atomic E-state index is -3.46. The van der Waals surface area contributed by atoms with Crippen molar-refractivity contribution in [2.24, 2.45) is 0 Å². The van der Waals surface area contributed by atoms with Gasteiger partial charge in [0.15, 0.2) is 0 Å². The molecule has 0 bridgehead atoms. The first-order valence-electron chi connectivity index (χ1n) is 13.8.